The molecule has 0 radical (unpaired) electrons. The largest absolute Gasteiger partial charge is 0.495 e. The molecule has 1 atom stereocenters. The maximum Gasteiger partial charge on any atom is 0.233 e. The number of hydrogen-bond donors (Lipinski definition) is 3. The van der Waals surface area contributed by atoms with E-state index in [-0.39, 0.29) is 11.8 Å². The van der Waals surface area contributed by atoms with E-state index in [9.17, 15) is 4.79 Å². The molecule has 34 heavy (non-hydrogen) atoms. The summed E-state index contributed by atoms with van der Waals surface area (Å²) in [4.78, 5) is 26.0. The van der Waals surface area contributed by atoms with Crippen molar-refractivity contribution in [3.8, 4) is 16.9 Å². The summed E-state index contributed by atoms with van der Waals surface area (Å²) in [7, 11) is 3.74. The Balaban J connectivity index is 1.43. The summed E-state index contributed by atoms with van der Waals surface area (Å²) in [5.74, 6) is 0.190. The Morgan fingerprint density at radius 2 is 2.03 bits per heavy atom. The van der Waals surface area contributed by atoms with Crippen LogP contribution in [0.5, 0.6) is 5.75 Å². The van der Waals surface area contributed by atoms with Crippen LogP contribution in [-0.2, 0) is 4.79 Å². The molecule has 1 aromatic carbocycles. The van der Waals surface area contributed by atoms with Gasteiger partial charge in [-0.05, 0) is 24.7 Å². The molecule has 4 aromatic rings. The maximum atomic E-state index is 13.7. The van der Waals surface area contributed by atoms with Crippen molar-refractivity contribution in [1.82, 2.24) is 30.0 Å². The Bertz CT molecular complexity index is 1260. The SMILES string of the molecule is COc1cncc(C(CN2CCN(C)CC2)C(=O)Nc2cccc3c(-c4cn[nH]c4)c[nH]c23)c1. The van der Waals surface area contributed by atoms with Gasteiger partial charge in [0.15, 0.2) is 0 Å². The molecule has 0 aliphatic carbocycles. The Morgan fingerprint density at radius 3 is 2.79 bits per heavy atom. The van der Waals surface area contributed by atoms with Gasteiger partial charge in [-0.2, -0.15) is 5.10 Å². The molecular formula is C25H29N7O2. The third-order valence-corrected chi connectivity index (χ3v) is 6.51. The number of carbonyl (C=O) groups excluding carboxylic acids is 1. The predicted molar refractivity (Wildman–Crippen MR) is 132 cm³/mol. The highest BCUT2D eigenvalue weighted by Crippen LogP contribution is 2.32. The first kappa shape index (κ1) is 22.1. The average molecular weight is 460 g/mol. The third-order valence-electron chi connectivity index (χ3n) is 6.51. The van der Waals surface area contributed by atoms with E-state index in [1.165, 1.54) is 0 Å². The van der Waals surface area contributed by atoms with Crippen LogP contribution in [0, 0.1) is 0 Å². The molecule has 3 N–H and O–H groups in total. The summed E-state index contributed by atoms with van der Waals surface area (Å²) in [5, 5.41) is 11.1. The van der Waals surface area contributed by atoms with Crippen LogP contribution in [0.15, 0.2) is 55.2 Å². The highest BCUT2D eigenvalue weighted by Gasteiger charge is 2.27. The number of hydrogen-bond acceptors (Lipinski definition) is 6. The van der Waals surface area contributed by atoms with Gasteiger partial charge in [-0.1, -0.05) is 12.1 Å². The van der Waals surface area contributed by atoms with E-state index in [4.69, 9.17) is 4.74 Å². The molecule has 1 aliphatic rings. The normalized spacial score (nSPS) is 15.9. The number of methoxy groups -OCH3 is 1. The van der Waals surface area contributed by atoms with E-state index < -0.39 is 0 Å². The number of H-pyrrole nitrogens is 2. The van der Waals surface area contributed by atoms with Crippen molar-refractivity contribution in [2.45, 2.75) is 5.92 Å². The quantitative estimate of drug-likeness (QED) is 0.393. The van der Waals surface area contributed by atoms with Crippen LogP contribution >= 0.6 is 0 Å². The average Bonchev–Trinajstić information content (AvgIpc) is 3.54. The van der Waals surface area contributed by atoms with Crippen LogP contribution < -0.4 is 10.1 Å². The minimum Gasteiger partial charge on any atom is -0.495 e. The topological polar surface area (TPSA) is 102 Å². The van der Waals surface area contributed by atoms with E-state index in [2.05, 4.69) is 42.3 Å². The number of benzene rings is 1. The minimum absolute atomic E-state index is 0.0686. The lowest BCUT2D eigenvalue weighted by atomic mass is 9.98. The third kappa shape index (κ3) is 4.52. The molecule has 176 valence electrons. The zero-order valence-corrected chi connectivity index (χ0v) is 19.4. The molecule has 0 saturated carbocycles. The molecule has 3 aromatic heterocycles. The Hall–Kier alpha value is -3.69. The molecule has 1 unspecified atom stereocenters. The summed E-state index contributed by atoms with van der Waals surface area (Å²) in [6.07, 6.45) is 9.00. The van der Waals surface area contributed by atoms with Crippen molar-refractivity contribution < 1.29 is 9.53 Å². The van der Waals surface area contributed by atoms with Gasteiger partial charge in [-0.3, -0.25) is 19.8 Å². The fraction of sp³-hybridized carbons (Fsp3) is 0.320. The molecule has 0 spiro atoms. The molecule has 5 rings (SSSR count). The maximum absolute atomic E-state index is 13.7. The van der Waals surface area contributed by atoms with Crippen LogP contribution in [0.3, 0.4) is 0 Å². The van der Waals surface area contributed by atoms with Gasteiger partial charge in [-0.25, -0.2) is 0 Å². The van der Waals surface area contributed by atoms with Gasteiger partial charge in [0.2, 0.25) is 5.91 Å². The predicted octanol–water partition coefficient (Wildman–Crippen LogP) is 2.93. The van der Waals surface area contributed by atoms with Gasteiger partial charge >= 0.3 is 0 Å². The molecular weight excluding hydrogens is 430 g/mol. The van der Waals surface area contributed by atoms with E-state index in [0.717, 1.165) is 59.5 Å². The minimum atomic E-state index is -0.385. The number of amides is 1. The van der Waals surface area contributed by atoms with E-state index in [1.807, 2.05) is 36.7 Å². The molecule has 9 heteroatoms. The van der Waals surface area contributed by atoms with Gasteiger partial charge in [0.1, 0.15) is 5.75 Å². The van der Waals surface area contributed by atoms with Crippen molar-refractivity contribution >= 4 is 22.5 Å². The number of pyridine rings is 1. The summed E-state index contributed by atoms with van der Waals surface area (Å²) < 4.78 is 5.38. The number of fused-ring (bicyclic) bond motifs is 1. The first-order chi connectivity index (χ1) is 16.6. The van der Waals surface area contributed by atoms with Crippen molar-refractivity contribution in [2.75, 3.05) is 52.2 Å². The Morgan fingerprint density at radius 1 is 1.18 bits per heavy atom. The number of aromatic nitrogens is 4. The highest BCUT2D eigenvalue weighted by atomic mass is 16.5. The molecule has 4 heterocycles. The van der Waals surface area contributed by atoms with Crippen molar-refractivity contribution in [3.63, 3.8) is 0 Å². The summed E-state index contributed by atoms with van der Waals surface area (Å²) in [5.41, 5.74) is 4.50. The van der Waals surface area contributed by atoms with Gasteiger partial charge in [0.25, 0.3) is 0 Å². The fourth-order valence-electron chi connectivity index (χ4n) is 4.48. The van der Waals surface area contributed by atoms with Crippen LogP contribution in [0.1, 0.15) is 11.5 Å². The lowest BCUT2D eigenvalue weighted by Gasteiger charge is -2.34. The second-order valence-electron chi connectivity index (χ2n) is 8.72. The second kappa shape index (κ2) is 9.66. The van der Waals surface area contributed by atoms with Gasteiger partial charge in [0.05, 0.1) is 36.6 Å². The zero-order valence-electron chi connectivity index (χ0n) is 19.4. The lowest BCUT2D eigenvalue weighted by Crippen LogP contribution is -2.47. The fourth-order valence-corrected chi connectivity index (χ4v) is 4.48. The van der Waals surface area contributed by atoms with E-state index in [0.29, 0.717) is 12.3 Å². The Kier molecular flexibility index (Phi) is 6.29. The standard InChI is InChI=1S/C25H29N7O2/c1-31-6-8-32(9-7-31)16-22(17-10-19(34-2)14-26-11-17)25(33)30-23-5-3-4-20-21(15-27-24(20)23)18-12-28-29-13-18/h3-5,10-15,22,27H,6-9,16H2,1-2H3,(H,28,29)(H,30,33). The number of likely N-dealkylation sites (N-methyl/N-ethyl adjacent to an activating group) is 1. The van der Waals surface area contributed by atoms with Crippen molar-refractivity contribution in [3.05, 3.63) is 60.8 Å². The number of rotatable bonds is 7. The number of aromatic amines is 2. The molecule has 1 fully saturated rings. The summed E-state index contributed by atoms with van der Waals surface area (Å²) >= 11 is 0. The molecule has 1 saturated heterocycles. The number of ether oxygens (including phenoxy) is 1. The van der Waals surface area contributed by atoms with Crippen LogP contribution in [0.2, 0.25) is 0 Å². The summed E-state index contributed by atoms with van der Waals surface area (Å²) in [6, 6.07) is 7.82. The lowest BCUT2D eigenvalue weighted by molar-refractivity contribution is -0.118. The van der Waals surface area contributed by atoms with E-state index in [1.54, 1.807) is 25.7 Å². The number of nitrogens with one attached hydrogen (secondary N) is 3. The smallest absolute Gasteiger partial charge is 0.233 e. The Labute approximate surface area is 198 Å². The van der Waals surface area contributed by atoms with Gasteiger partial charge in [-0.15, -0.1) is 0 Å². The van der Waals surface area contributed by atoms with Crippen molar-refractivity contribution in [2.24, 2.45) is 0 Å². The summed E-state index contributed by atoms with van der Waals surface area (Å²) in [6.45, 7) is 4.46. The number of piperazine rings is 1. The zero-order chi connectivity index (χ0) is 23.5. The second-order valence-corrected chi connectivity index (χ2v) is 8.72. The number of anilines is 1. The molecule has 1 amide bonds. The van der Waals surface area contributed by atoms with Gasteiger partial charge in [0, 0.05) is 67.8 Å². The van der Waals surface area contributed by atoms with Crippen LogP contribution in [-0.4, -0.2) is 82.8 Å². The molecule has 9 nitrogen and oxygen atoms in total. The number of nitrogens with zero attached hydrogens (tertiary/aromatic N) is 4. The molecule has 1 aliphatic heterocycles. The first-order valence-corrected chi connectivity index (χ1v) is 11.4. The number of carbonyl (C=O) groups is 1. The van der Waals surface area contributed by atoms with Crippen LogP contribution in [0.25, 0.3) is 22.0 Å². The van der Waals surface area contributed by atoms with E-state index >= 15 is 0 Å². The first-order valence-electron chi connectivity index (χ1n) is 11.4. The molecule has 0 bridgehead atoms. The number of para-hydroxylation sites is 1. The van der Waals surface area contributed by atoms with Crippen molar-refractivity contribution in [1.29, 1.82) is 0 Å². The highest BCUT2D eigenvalue weighted by molar-refractivity contribution is 6.07. The van der Waals surface area contributed by atoms with Crippen LogP contribution in [0.4, 0.5) is 5.69 Å². The monoisotopic (exact) mass is 459 g/mol. The van der Waals surface area contributed by atoms with Gasteiger partial charge < -0.3 is 19.9 Å².